The van der Waals surface area contributed by atoms with E-state index >= 15 is 0 Å². The van der Waals surface area contributed by atoms with Gasteiger partial charge in [0.05, 0.1) is 5.69 Å². The van der Waals surface area contributed by atoms with Gasteiger partial charge in [-0.05, 0) is 12.1 Å². The van der Waals surface area contributed by atoms with Gasteiger partial charge in [-0.1, -0.05) is 32.0 Å². The highest BCUT2D eigenvalue weighted by Crippen LogP contribution is 2.47. The van der Waals surface area contributed by atoms with Crippen LogP contribution in [0.2, 0.25) is 0 Å². The van der Waals surface area contributed by atoms with E-state index in [0.29, 0.717) is 0 Å². The summed E-state index contributed by atoms with van der Waals surface area (Å²) in [6, 6.07) is 7.42. The molecular formula is C13H13F6N3. The van der Waals surface area contributed by atoms with Crippen LogP contribution in [-0.4, -0.2) is 23.9 Å². The molecule has 1 aromatic carbocycles. The van der Waals surface area contributed by atoms with E-state index in [2.05, 4.69) is 4.99 Å². The van der Waals surface area contributed by atoms with Crippen LogP contribution in [0.3, 0.4) is 0 Å². The number of benzene rings is 1. The summed E-state index contributed by atoms with van der Waals surface area (Å²) in [5, 5.41) is 0.742. The lowest BCUT2D eigenvalue weighted by molar-refractivity contribution is -0.302. The summed E-state index contributed by atoms with van der Waals surface area (Å²) in [5.74, 6) is -0.972. The van der Waals surface area contributed by atoms with Crippen molar-refractivity contribution >= 4 is 11.5 Å². The third-order valence-electron chi connectivity index (χ3n) is 3.14. The molecule has 0 saturated heterocycles. The Labute approximate surface area is 122 Å². The maximum atomic E-state index is 13.1. The van der Waals surface area contributed by atoms with Crippen LogP contribution < -0.4 is 10.4 Å². The van der Waals surface area contributed by atoms with E-state index in [1.807, 2.05) is 0 Å². The molecule has 1 N–H and O–H groups in total. The van der Waals surface area contributed by atoms with Crippen LogP contribution in [0.4, 0.5) is 32.0 Å². The molecule has 0 amide bonds. The number of rotatable bonds is 2. The quantitative estimate of drug-likeness (QED) is 0.836. The molecule has 2 rings (SSSR count). The summed E-state index contributed by atoms with van der Waals surface area (Å²) in [5.41, 5.74) is -2.68. The zero-order valence-electron chi connectivity index (χ0n) is 11.6. The van der Waals surface area contributed by atoms with Crippen molar-refractivity contribution in [2.45, 2.75) is 31.9 Å². The van der Waals surface area contributed by atoms with Crippen molar-refractivity contribution in [3.05, 3.63) is 30.3 Å². The fourth-order valence-electron chi connectivity index (χ4n) is 2.04. The number of amidine groups is 1. The van der Waals surface area contributed by atoms with E-state index in [1.54, 1.807) is 6.07 Å². The van der Waals surface area contributed by atoms with E-state index in [9.17, 15) is 26.3 Å². The first kappa shape index (κ1) is 16.6. The van der Waals surface area contributed by atoms with Crippen molar-refractivity contribution < 1.29 is 26.3 Å². The lowest BCUT2D eigenvalue weighted by Gasteiger charge is -2.32. The lowest BCUT2D eigenvalue weighted by atomic mass is 10.1. The molecule has 0 spiro atoms. The second-order valence-corrected chi connectivity index (χ2v) is 5.11. The van der Waals surface area contributed by atoms with Crippen LogP contribution in [0.1, 0.15) is 13.8 Å². The molecular weight excluding hydrogens is 312 g/mol. The highest BCUT2D eigenvalue weighted by Gasteiger charge is 2.75. The van der Waals surface area contributed by atoms with Crippen molar-refractivity contribution in [2.75, 3.05) is 5.01 Å². The van der Waals surface area contributed by atoms with Gasteiger partial charge in [0.25, 0.3) is 0 Å². The van der Waals surface area contributed by atoms with Gasteiger partial charge in [0.2, 0.25) is 0 Å². The normalized spacial score (nSPS) is 18.8. The molecule has 0 atom stereocenters. The molecule has 0 saturated carbocycles. The molecule has 1 aliphatic heterocycles. The molecule has 0 bridgehead atoms. The summed E-state index contributed by atoms with van der Waals surface area (Å²) >= 11 is 0. The Morgan fingerprint density at radius 1 is 1.00 bits per heavy atom. The van der Waals surface area contributed by atoms with Gasteiger partial charge in [-0.3, -0.25) is 5.01 Å². The maximum absolute atomic E-state index is 13.1. The van der Waals surface area contributed by atoms with Crippen molar-refractivity contribution in [1.29, 1.82) is 0 Å². The third-order valence-corrected chi connectivity index (χ3v) is 3.14. The molecule has 3 nitrogen and oxygen atoms in total. The Morgan fingerprint density at radius 2 is 1.50 bits per heavy atom. The lowest BCUT2D eigenvalue weighted by Crippen LogP contribution is -2.65. The minimum Gasteiger partial charge on any atom is -0.260 e. The SMILES string of the molecule is CC(C)C1=NC(C(F)(F)F)(C(F)(F)F)NN1c1ccccc1. The number of anilines is 1. The zero-order chi connectivity index (χ0) is 16.8. The molecule has 1 heterocycles. The van der Waals surface area contributed by atoms with Gasteiger partial charge in [0.1, 0.15) is 5.84 Å². The molecule has 0 radical (unpaired) electrons. The summed E-state index contributed by atoms with van der Waals surface area (Å²) < 4.78 is 78.7. The molecule has 9 heteroatoms. The van der Waals surface area contributed by atoms with Crippen LogP contribution in [-0.2, 0) is 0 Å². The number of nitrogens with zero attached hydrogens (tertiary/aromatic N) is 2. The molecule has 0 unspecified atom stereocenters. The first-order chi connectivity index (χ1) is 9.99. The molecule has 0 fully saturated rings. The molecule has 1 aromatic rings. The number of nitrogens with one attached hydrogen (secondary N) is 1. The van der Waals surface area contributed by atoms with E-state index in [-0.39, 0.29) is 11.5 Å². The standard InChI is InChI=1S/C13H13F6N3/c1-8(2)10-20-11(12(14,15)16,13(17,18)19)21-22(10)9-6-4-3-5-7-9/h3-8,21H,1-2H3. The molecule has 0 aliphatic carbocycles. The van der Waals surface area contributed by atoms with Gasteiger partial charge < -0.3 is 0 Å². The van der Waals surface area contributed by atoms with Crippen molar-refractivity contribution in [3.8, 4) is 0 Å². The smallest absolute Gasteiger partial charge is 0.260 e. The average molecular weight is 325 g/mol. The van der Waals surface area contributed by atoms with Gasteiger partial charge in [-0.25, -0.2) is 4.99 Å². The summed E-state index contributed by atoms with van der Waals surface area (Å²) in [7, 11) is 0. The topological polar surface area (TPSA) is 27.6 Å². The Kier molecular flexibility index (Phi) is 3.88. The van der Waals surface area contributed by atoms with Crippen LogP contribution in [0.15, 0.2) is 35.3 Å². The first-order valence-electron chi connectivity index (χ1n) is 6.36. The summed E-state index contributed by atoms with van der Waals surface area (Å²) in [6.07, 6.45) is -11.3. The van der Waals surface area contributed by atoms with Gasteiger partial charge in [-0.2, -0.15) is 31.8 Å². The van der Waals surface area contributed by atoms with Crippen molar-refractivity contribution in [2.24, 2.45) is 10.9 Å². The Hall–Kier alpha value is -1.77. The van der Waals surface area contributed by atoms with Gasteiger partial charge >= 0.3 is 18.0 Å². The van der Waals surface area contributed by atoms with Crippen LogP contribution in [0, 0.1) is 5.92 Å². The maximum Gasteiger partial charge on any atom is 0.437 e. The number of hydrazine groups is 1. The monoisotopic (exact) mass is 325 g/mol. The molecule has 1 aliphatic rings. The molecule has 0 aromatic heterocycles. The van der Waals surface area contributed by atoms with E-state index in [0.717, 1.165) is 5.01 Å². The predicted molar refractivity (Wildman–Crippen MR) is 69.2 cm³/mol. The predicted octanol–water partition coefficient (Wildman–Crippen LogP) is 3.89. The zero-order valence-corrected chi connectivity index (χ0v) is 11.6. The fraction of sp³-hybridized carbons (Fsp3) is 0.462. The highest BCUT2D eigenvalue weighted by molar-refractivity contribution is 6.00. The van der Waals surface area contributed by atoms with Gasteiger partial charge in [0.15, 0.2) is 0 Å². The number of hydrogen-bond acceptors (Lipinski definition) is 3. The summed E-state index contributed by atoms with van der Waals surface area (Å²) in [4.78, 5) is 3.00. The Balaban J connectivity index is 2.58. The minimum atomic E-state index is -5.63. The summed E-state index contributed by atoms with van der Waals surface area (Å²) in [6.45, 7) is 2.94. The number of halogens is 6. The molecule has 122 valence electrons. The van der Waals surface area contributed by atoms with Gasteiger partial charge in [-0.15, -0.1) is 0 Å². The number of aliphatic imine (C=N–C) groups is 1. The van der Waals surface area contributed by atoms with E-state index < -0.39 is 23.9 Å². The second-order valence-electron chi connectivity index (χ2n) is 5.11. The third kappa shape index (κ3) is 2.53. The Morgan fingerprint density at radius 3 is 1.91 bits per heavy atom. The Bertz CT molecular complexity index is 547. The number of alkyl halides is 6. The molecule has 22 heavy (non-hydrogen) atoms. The second kappa shape index (κ2) is 5.15. The average Bonchev–Trinajstić information content (AvgIpc) is 2.81. The minimum absolute atomic E-state index is 0.144. The van der Waals surface area contributed by atoms with Crippen molar-refractivity contribution in [1.82, 2.24) is 5.43 Å². The van der Waals surface area contributed by atoms with E-state index in [1.165, 1.54) is 43.5 Å². The van der Waals surface area contributed by atoms with Crippen LogP contribution in [0.5, 0.6) is 0 Å². The van der Waals surface area contributed by atoms with E-state index in [4.69, 9.17) is 0 Å². The number of hydrogen-bond donors (Lipinski definition) is 1. The number of para-hydroxylation sites is 1. The van der Waals surface area contributed by atoms with Crippen LogP contribution >= 0.6 is 0 Å². The largest absolute Gasteiger partial charge is 0.437 e. The van der Waals surface area contributed by atoms with Gasteiger partial charge in [0, 0.05) is 5.92 Å². The highest BCUT2D eigenvalue weighted by atomic mass is 19.4. The van der Waals surface area contributed by atoms with Crippen molar-refractivity contribution in [3.63, 3.8) is 0 Å². The van der Waals surface area contributed by atoms with Crippen LogP contribution in [0.25, 0.3) is 0 Å². The first-order valence-corrected chi connectivity index (χ1v) is 6.36. The fourth-order valence-corrected chi connectivity index (χ4v) is 2.04.